The Hall–Kier alpha value is -2.27. The molecule has 0 aliphatic heterocycles. The molecule has 0 bridgehead atoms. The van der Waals surface area contributed by atoms with Crippen LogP contribution in [-0.2, 0) is 17.6 Å². The third-order valence-corrected chi connectivity index (χ3v) is 4.89. The van der Waals surface area contributed by atoms with Crippen molar-refractivity contribution in [3.05, 3.63) is 58.6 Å². The van der Waals surface area contributed by atoms with Crippen LogP contribution in [0.25, 0.3) is 0 Å². The third kappa shape index (κ3) is 7.77. The summed E-state index contributed by atoms with van der Waals surface area (Å²) in [4.78, 5) is 31.5. The second kappa shape index (κ2) is 11.5. The Morgan fingerprint density at radius 3 is 2.57 bits per heavy atom. The van der Waals surface area contributed by atoms with Crippen LogP contribution in [0.3, 0.4) is 0 Å². The van der Waals surface area contributed by atoms with Crippen LogP contribution in [0.15, 0.2) is 36.8 Å². The number of unbranched alkanes of at least 4 members (excludes halogenated alkanes) is 3. The van der Waals surface area contributed by atoms with Crippen LogP contribution >= 0.6 is 11.6 Å². The highest BCUT2D eigenvalue weighted by Crippen LogP contribution is 2.17. The van der Waals surface area contributed by atoms with Gasteiger partial charge in [0.2, 0.25) is 0 Å². The van der Waals surface area contributed by atoms with E-state index in [1.807, 2.05) is 18.2 Å². The Morgan fingerprint density at radius 1 is 1.11 bits per heavy atom. The summed E-state index contributed by atoms with van der Waals surface area (Å²) < 4.78 is 0. The van der Waals surface area contributed by atoms with Gasteiger partial charge in [-0.25, -0.2) is 9.97 Å². The molecule has 1 N–H and O–H groups in total. The number of rotatable bonds is 12. The fraction of sp³-hybridized carbons (Fsp3) is 0.455. The van der Waals surface area contributed by atoms with Crippen molar-refractivity contribution in [2.24, 2.45) is 5.92 Å². The molecule has 1 heterocycles. The van der Waals surface area contributed by atoms with Gasteiger partial charge in [0.05, 0.1) is 0 Å². The number of aryl methyl sites for hydroxylation is 2. The molecule has 0 saturated carbocycles. The number of aliphatic carboxylic acids is 1. The molecule has 150 valence electrons. The second-order valence-corrected chi connectivity index (χ2v) is 7.71. The molecule has 0 aliphatic rings. The molecule has 0 saturated heterocycles. The molecule has 0 fully saturated rings. The molecule has 2 rings (SSSR count). The topological polar surface area (TPSA) is 80.1 Å². The van der Waals surface area contributed by atoms with Crippen molar-refractivity contribution in [1.82, 2.24) is 9.97 Å². The molecule has 28 heavy (non-hydrogen) atoms. The zero-order chi connectivity index (χ0) is 20.4. The summed E-state index contributed by atoms with van der Waals surface area (Å²) in [6, 6.07) is 7.96. The molecule has 5 nitrogen and oxygen atoms in total. The molecule has 0 spiro atoms. The number of Topliss-reactive ketones (excluding diaryl/α,β-unsaturated/α-hetero) is 1. The summed E-state index contributed by atoms with van der Waals surface area (Å²) in [5.41, 5.74) is 2.54. The van der Waals surface area contributed by atoms with Crippen molar-refractivity contribution in [2.45, 2.75) is 58.3 Å². The molecular formula is C22H27ClN2O3. The zero-order valence-corrected chi connectivity index (χ0v) is 17.0. The maximum Gasteiger partial charge on any atom is 0.303 e. The highest BCUT2D eigenvalue weighted by molar-refractivity contribution is 6.30. The first kappa shape index (κ1) is 22.0. The van der Waals surface area contributed by atoms with E-state index in [0.29, 0.717) is 5.69 Å². The molecule has 0 aliphatic carbocycles. The number of carboxylic acid groups (broad SMARTS) is 1. The zero-order valence-electron chi connectivity index (χ0n) is 16.2. The largest absolute Gasteiger partial charge is 0.481 e. The second-order valence-electron chi connectivity index (χ2n) is 7.27. The first-order valence-corrected chi connectivity index (χ1v) is 10.1. The lowest BCUT2D eigenvalue weighted by Crippen LogP contribution is -2.13. The minimum Gasteiger partial charge on any atom is -0.481 e. The quantitative estimate of drug-likeness (QED) is 0.391. The van der Waals surface area contributed by atoms with Gasteiger partial charge in [-0.3, -0.25) is 9.59 Å². The van der Waals surface area contributed by atoms with Crippen LogP contribution in [0, 0.1) is 5.92 Å². The Kier molecular flexibility index (Phi) is 9.08. The van der Waals surface area contributed by atoms with E-state index in [9.17, 15) is 9.59 Å². The number of ketones is 1. The average molecular weight is 403 g/mol. The predicted octanol–water partition coefficient (Wildman–Crippen LogP) is 5.16. The fourth-order valence-corrected chi connectivity index (χ4v) is 3.48. The van der Waals surface area contributed by atoms with E-state index in [1.54, 1.807) is 13.1 Å². The maximum atomic E-state index is 12.5. The Bertz CT molecular complexity index is 795. The highest BCUT2D eigenvalue weighted by atomic mass is 35.5. The lowest BCUT2D eigenvalue weighted by molar-refractivity contribution is -0.137. The van der Waals surface area contributed by atoms with Crippen molar-refractivity contribution in [3.63, 3.8) is 0 Å². The normalized spacial score (nSPS) is 11.9. The molecule has 1 aromatic heterocycles. The molecular weight excluding hydrogens is 376 g/mol. The monoisotopic (exact) mass is 402 g/mol. The molecule has 0 unspecified atom stereocenters. The van der Waals surface area contributed by atoms with Gasteiger partial charge in [-0.05, 0) is 54.9 Å². The van der Waals surface area contributed by atoms with E-state index in [4.69, 9.17) is 16.7 Å². The fourth-order valence-electron chi connectivity index (χ4n) is 3.27. The van der Waals surface area contributed by atoms with Crippen LogP contribution < -0.4 is 0 Å². The summed E-state index contributed by atoms with van der Waals surface area (Å²) in [7, 11) is 0. The molecule has 6 heteroatoms. The van der Waals surface area contributed by atoms with Gasteiger partial charge in [-0.15, -0.1) is 0 Å². The van der Waals surface area contributed by atoms with Crippen molar-refractivity contribution in [1.29, 1.82) is 0 Å². The predicted molar refractivity (Wildman–Crippen MR) is 110 cm³/mol. The van der Waals surface area contributed by atoms with Crippen molar-refractivity contribution < 1.29 is 14.7 Å². The molecule has 0 radical (unpaired) electrons. The Balaban J connectivity index is 1.76. The summed E-state index contributed by atoms with van der Waals surface area (Å²) in [6.07, 6.45) is 9.27. The van der Waals surface area contributed by atoms with Gasteiger partial charge in [0, 0.05) is 24.1 Å². The van der Waals surface area contributed by atoms with Crippen LogP contribution in [-0.4, -0.2) is 26.8 Å². The smallest absolute Gasteiger partial charge is 0.303 e. The summed E-state index contributed by atoms with van der Waals surface area (Å²) in [5, 5.41) is 9.63. The summed E-state index contributed by atoms with van der Waals surface area (Å²) in [6.45, 7) is 1.77. The lowest BCUT2D eigenvalue weighted by atomic mass is 9.96. The molecule has 1 aromatic carbocycles. The first-order chi connectivity index (χ1) is 13.5. The van der Waals surface area contributed by atoms with E-state index in [1.165, 1.54) is 11.9 Å². The van der Waals surface area contributed by atoms with E-state index in [-0.39, 0.29) is 24.5 Å². The van der Waals surface area contributed by atoms with E-state index in [2.05, 4.69) is 16.0 Å². The minimum absolute atomic E-state index is 0.0151. The van der Waals surface area contributed by atoms with Gasteiger partial charge in [-0.2, -0.15) is 0 Å². The van der Waals surface area contributed by atoms with Crippen LogP contribution in [0.1, 0.15) is 67.1 Å². The highest BCUT2D eigenvalue weighted by Gasteiger charge is 2.18. The average Bonchev–Trinajstić information content (AvgIpc) is 2.64. The first-order valence-electron chi connectivity index (χ1n) is 9.74. The van der Waals surface area contributed by atoms with Crippen LogP contribution in [0.4, 0.5) is 0 Å². The van der Waals surface area contributed by atoms with Crippen molar-refractivity contribution >= 4 is 23.4 Å². The number of benzene rings is 1. The number of carboxylic acids is 1. The van der Waals surface area contributed by atoms with Gasteiger partial charge >= 0.3 is 5.97 Å². The number of carbonyl (C=O) groups is 2. The third-order valence-electron chi connectivity index (χ3n) is 4.66. The number of hydrogen-bond acceptors (Lipinski definition) is 4. The number of carbonyl (C=O) groups excluding carboxylic acids is 1. The van der Waals surface area contributed by atoms with Gasteiger partial charge in [0.1, 0.15) is 12.0 Å². The molecule has 2 aromatic rings. The number of nitrogens with zero attached hydrogens (tertiary/aromatic N) is 2. The Labute approximate surface area is 171 Å². The van der Waals surface area contributed by atoms with Gasteiger partial charge < -0.3 is 5.11 Å². The van der Waals surface area contributed by atoms with Crippen molar-refractivity contribution in [2.75, 3.05) is 0 Å². The van der Waals surface area contributed by atoms with Gasteiger partial charge in [0.25, 0.3) is 0 Å². The summed E-state index contributed by atoms with van der Waals surface area (Å²) >= 11 is 6.00. The van der Waals surface area contributed by atoms with Crippen LogP contribution in [0.5, 0.6) is 0 Å². The van der Waals surface area contributed by atoms with E-state index < -0.39 is 5.97 Å². The van der Waals surface area contributed by atoms with E-state index >= 15 is 0 Å². The van der Waals surface area contributed by atoms with Gasteiger partial charge in [-0.1, -0.05) is 43.5 Å². The SMILES string of the molecule is C[C@H](CC(=O)O)CC(=O)c1ncncc1CCCCCCc1cccc(Cl)c1. The molecule has 1 atom stereocenters. The lowest BCUT2D eigenvalue weighted by Gasteiger charge is -2.10. The van der Waals surface area contributed by atoms with Gasteiger partial charge in [0.15, 0.2) is 5.78 Å². The van der Waals surface area contributed by atoms with E-state index in [0.717, 1.165) is 49.1 Å². The number of aromatic nitrogens is 2. The number of halogens is 1. The summed E-state index contributed by atoms with van der Waals surface area (Å²) in [5.74, 6) is -1.20. The standard InChI is InChI=1S/C22H27ClN2O3/c1-16(12-21(27)28)11-20(26)22-18(14-24-15-25-22)9-5-3-2-4-7-17-8-6-10-19(23)13-17/h6,8,10,13-16H,2-5,7,9,11-12H2,1H3,(H,27,28)/t16-/m0/s1. The minimum atomic E-state index is -0.888. The number of hydrogen-bond donors (Lipinski definition) is 1. The maximum absolute atomic E-state index is 12.5. The van der Waals surface area contributed by atoms with Crippen molar-refractivity contribution in [3.8, 4) is 0 Å². The molecule has 0 amide bonds. The van der Waals surface area contributed by atoms with Crippen LogP contribution in [0.2, 0.25) is 5.02 Å². The Morgan fingerprint density at radius 2 is 1.86 bits per heavy atom.